The fraction of sp³-hybridized carbons (Fsp3) is 0.174. The molecule has 146 valence electrons. The summed E-state index contributed by atoms with van der Waals surface area (Å²) in [6, 6.07) is 15.9. The fourth-order valence-corrected chi connectivity index (χ4v) is 3.31. The van der Waals surface area contributed by atoms with Crippen LogP contribution >= 0.6 is 0 Å². The molecule has 0 saturated heterocycles. The summed E-state index contributed by atoms with van der Waals surface area (Å²) in [4.78, 5) is 24.1. The summed E-state index contributed by atoms with van der Waals surface area (Å²) in [6.45, 7) is 4.65. The van der Waals surface area contributed by atoms with Crippen LogP contribution in [0.1, 0.15) is 27.2 Å². The molecule has 0 fully saturated rings. The summed E-state index contributed by atoms with van der Waals surface area (Å²) in [5.74, 6) is 0.381. The number of aromatic amines is 1. The van der Waals surface area contributed by atoms with E-state index in [4.69, 9.17) is 0 Å². The molecule has 4 aromatic rings. The van der Waals surface area contributed by atoms with E-state index in [1.807, 2.05) is 36.5 Å². The molecule has 2 aromatic heterocycles. The van der Waals surface area contributed by atoms with Crippen molar-refractivity contribution in [1.29, 1.82) is 0 Å². The SMILES string of the molecule is Cc1cccc(Nc2cc(C(=O)NCCc3c[nH]c4ccccc34)ncn2)c1C. The van der Waals surface area contributed by atoms with Crippen LogP contribution in [-0.2, 0) is 6.42 Å². The van der Waals surface area contributed by atoms with Gasteiger partial charge < -0.3 is 15.6 Å². The quantitative estimate of drug-likeness (QED) is 0.462. The van der Waals surface area contributed by atoms with Crippen LogP contribution in [0, 0.1) is 13.8 Å². The predicted octanol–water partition coefficient (Wildman–Crippen LogP) is 4.29. The van der Waals surface area contributed by atoms with E-state index in [-0.39, 0.29) is 5.91 Å². The average molecular weight is 385 g/mol. The number of amides is 1. The van der Waals surface area contributed by atoms with E-state index in [0.717, 1.165) is 23.2 Å². The molecule has 0 spiro atoms. The van der Waals surface area contributed by atoms with Crippen LogP contribution in [0.5, 0.6) is 0 Å². The van der Waals surface area contributed by atoms with Gasteiger partial charge in [0.15, 0.2) is 0 Å². The first-order valence-electron chi connectivity index (χ1n) is 9.60. The molecular formula is C23H23N5O. The highest BCUT2D eigenvalue weighted by Crippen LogP contribution is 2.22. The monoisotopic (exact) mass is 385 g/mol. The third-order valence-electron chi connectivity index (χ3n) is 5.12. The summed E-state index contributed by atoms with van der Waals surface area (Å²) < 4.78 is 0. The van der Waals surface area contributed by atoms with E-state index in [9.17, 15) is 4.79 Å². The van der Waals surface area contributed by atoms with Gasteiger partial charge in [0.2, 0.25) is 0 Å². The summed E-state index contributed by atoms with van der Waals surface area (Å²) in [7, 11) is 0. The van der Waals surface area contributed by atoms with Crippen LogP contribution in [0.25, 0.3) is 10.9 Å². The van der Waals surface area contributed by atoms with Crippen LogP contribution in [0.4, 0.5) is 11.5 Å². The van der Waals surface area contributed by atoms with Crippen LogP contribution in [0.15, 0.2) is 61.1 Å². The number of benzene rings is 2. The van der Waals surface area contributed by atoms with Crippen LogP contribution < -0.4 is 10.6 Å². The Morgan fingerprint density at radius 3 is 2.83 bits per heavy atom. The molecule has 0 aliphatic heterocycles. The maximum absolute atomic E-state index is 12.5. The van der Waals surface area contributed by atoms with E-state index < -0.39 is 0 Å². The molecule has 6 nitrogen and oxygen atoms in total. The molecule has 2 aromatic carbocycles. The Labute approximate surface area is 169 Å². The lowest BCUT2D eigenvalue weighted by molar-refractivity contribution is 0.0949. The molecule has 0 aliphatic rings. The topological polar surface area (TPSA) is 82.7 Å². The van der Waals surface area contributed by atoms with Gasteiger partial charge in [-0.25, -0.2) is 9.97 Å². The lowest BCUT2D eigenvalue weighted by Gasteiger charge is -2.11. The molecule has 3 N–H and O–H groups in total. The van der Waals surface area contributed by atoms with Gasteiger partial charge in [0, 0.05) is 35.4 Å². The molecule has 4 rings (SSSR count). The van der Waals surface area contributed by atoms with Gasteiger partial charge in [-0.2, -0.15) is 0 Å². The number of nitrogens with one attached hydrogen (secondary N) is 3. The summed E-state index contributed by atoms with van der Waals surface area (Å²) in [5, 5.41) is 7.40. The van der Waals surface area contributed by atoms with Crippen molar-refractivity contribution in [1.82, 2.24) is 20.3 Å². The lowest BCUT2D eigenvalue weighted by Crippen LogP contribution is -2.26. The molecule has 2 heterocycles. The second kappa shape index (κ2) is 8.14. The Bertz CT molecular complexity index is 1160. The Hall–Kier alpha value is -3.67. The van der Waals surface area contributed by atoms with Crippen molar-refractivity contribution < 1.29 is 4.79 Å². The van der Waals surface area contributed by atoms with Gasteiger partial charge in [0.05, 0.1) is 0 Å². The van der Waals surface area contributed by atoms with E-state index in [2.05, 4.69) is 51.6 Å². The molecule has 0 saturated carbocycles. The van der Waals surface area contributed by atoms with Crippen LogP contribution in [0.3, 0.4) is 0 Å². The first-order chi connectivity index (χ1) is 14.1. The number of hydrogen-bond donors (Lipinski definition) is 3. The van der Waals surface area contributed by atoms with Gasteiger partial charge in [-0.05, 0) is 49.1 Å². The largest absolute Gasteiger partial charge is 0.361 e. The Kier molecular flexibility index (Phi) is 5.24. The number of nitrogens with zero attached hydrogens (tertiary/aromatic N) is 2. The maximum Gasteiger partial charge on any atom is 0.270 e. The number of rotatable bonds is 6. The minimum absolute atomic E-state index is 0.212. The number of fused-ring (bicyclic) bond motifs is 1. The lowest BCUT2D eigenvalue weighted by atomic mass is 10.1. The molecule has 0 unspecified atom stereocenters. The molecule has 1 amide bonds. The van der Waals surface area contributed by atoms with Gasteiger partial charge in [0.25, 0.3) is 5.91 Å². The van der Waals surface area contributed by atoms with Crippen molar-refractivity contribution in [3.05, 3.63) is 83.4 Å². The molecular weight excluding hydrogens is 362 g/mol. The third-order valence-corrected chi connectivity index (χ3v) is 5.12. The number of carbonyl (C=O) groups excluding carboxylic acids is 1. The maximum atomic E-state index is 12.5. The fourth-order valence-electron chi connectivity index (χ4n) is 3.31. The average Bonchev–Trinajstić information content (AvgIpc) is 3.15. The number of aromatic nitrogens is 3. The highest BCUT2D eigenvalue weighted by atomic mass is 16.1. The number of aryl methyl sites for hydroxylation is 1. The summed E-state index contributed by atoms with van der Waals surface area (Å²) in [6.07, 6.45) is 4.14. The third kappa shape index (κ3) is 4.11. The summed E-state index contributed by atoms with van der Waals surface area (Å²) >= 11 is 0. The molecule has 6 heteroatoms. The normalized spacial score (nSPS) is 10.8. The highest BCUT2D eigenvalue weighted by molar-refractivity contribution is 5.93. The number of H-pyrrole nitrogens is 1. The van der Waals surface area contributed by atoms with E-state index >= 15 is 0 Å². The Morgan fingerprint density at radius 1 is 1.07 bits per heavy atom. The zero-order valence-electron chi connectivity index (χ0n) is 16.5. The van der Waals surface area contributed by atoms with Crippen molar-refractivity contribution in [3.8, 4) is 0 Å². The highest BCUT2D eigenvalue weighted by Gasteiger charge is 2.10. The first kappa shape index (κ1) is 18.7. The van der Waals surface area contributed by atoms with Crippen molar-refractivity contribution in [2.75, 3.05) is 11.9 Å². The minimum atomic E-state index is -0.212. The Morgan fingerprint density at radius 2 is 1.93 bits per heavy atom. The van der Waals surface area contributed by atoms with Crippen LogP contribution in [0.2, 0.25) is 0 Å². The van der Waals surface area contributed by atoms with Crippen molar-refractivity contribution in [3.63, 3.8) is 0 Å². The number of para-hydroxylation sites is 1. The van der Waals surface area contributed by atoms with Gasteiger partial charge in [-0.15, -0.1) is 0 Å². The molecule has 0 atom stereocenters. The number of carbonyl (C=O) groups is 1. The van der Waals surface area contributed by atoms with Gasteiger partial charge in [-0.1, -0.05) is 30.3 Å². The molecule has 29 heavy (non-hydrogen) atoms. The molecule has 0 radical (unpaired) electrons. The number of hydrogen-bond acceptors (Lipinski definition) is 4. The van der Waals surface area contributed by atoms with E-state index in [1.165, 1.54) is 22.8 Å². The first-order valence-corrected chi connectivity index (χ1v) is 9.60. The van der Waals surface area contributed by atoms with E-state index in [0.29, 0.717) is 18.1 Å². The molecule has 0 bridgehead atoms. The number of anilines is 2. The smallest absolute Gasteiger partial charge is 0.270 e. The predicted molar refractivity (Wildman–Crippen MR) is 116 cm³/mol. The van der Waals surface area contributed by atoms with Crippen molar-refractivity contribution in [2.24, 2.45) is 0 Å². The summed E-state index contributed by atoms with van der Waals surface area (Å²) in [5.41, 5.74) is 5.93. The van der Waals surface area contributed by atoms with E-state index in [1.54, 1.807) is 6.07 Å². The minimum Gasteiger partial charge on any atom is -0.361 e. The van der Waals surface area contributed by atoms with Gasteiger partial charge >= 0.3 is 0 Å². The second-order valence-corrected chi connectivity index (χ2v) is 7.03. The second-order valence-electron chi connectivity index (χ2n) is 7.03. The van der Waals surface area contributed by atoms with Gasteiger partial charge in [-0.3, -0.25) is 4.79 Å². The van der Waals surface area contributed by atoms with Crippen LogP contribution in [-0.4, -0.2) is 27.4 Å². The Balaban J connectivity index is 1.40. The van der Waals surface area contributed by atoms with Crippen molar-refractivity contribution in [2.45, 2.75) is 20.3 Å². The zero-order chi connectivity index (χ0) is 20.2. The van der Waals surface area contributed by atoms with Gasteiger partial charge in [0.1, 0.15) is 17.8 Å². The van der Waals surface area contributed by atoms with Crippen molar-refractivity contribution >= 4 is 28.3 Å². The molecule has 0 aliphatic carbocycles. The standard InChI is InChI=1S/C23H23N5O/c1-15-6-5-9-19(16(15)2)28-22-12-21(26-14-27-22)23(29)24-11-10-17-13-25-20-8-4-3-7-18(17)20/h3-9,12-14,25H,10-11H2,1-2H3,(H,24,29)(H,26,27,28). The zero-order valence-corrected chi connectivity index (χ0v) is 16.5.